The molecule has 0 spiro atoms. The minimum atomic E-state index is -0.328. The molecule has 1 aliphatic heterocycles. The fourth-order valence-corrected chi connectivity index (χ4v) is 4.73. The van der Waals surface area contributed by atoms with Gasteiger partial charge in [-0.05, 0) is 37.3 Å². The number of hydrogen-bond donors (Lipinski definition) is 1. The molecule has 4 aromatic rings. The van der Waals surface area contributed by atoms with Gasteiger partial charge in [-0.25, -0.2) is 19.6 Å². The Morgan fingerprint density at radius 2 is 1.74 bits per heavy atom. The highest BCUT2D eigenvalue weighted by atomic mass is 32.1. The van der Waals surface area contributed by atoms with E-state index in [0.717, 1.165) is 31.5 Å². The first-order chi connectivity index (χ1) is 15.1. The first-order valence-corrected chi connectivity index (χ1v) is 11.0. The number of nitrogens with zero attached hydrogens (tertiary/aromatic N) is 4. The number of carbonyl (C=O) groups is 2. The molecule has 0 aliphatic carbocycles. The van der Waals surface area contributed by atoms with E-state index in [-0.39, 0.29) is 12.1 Å². The van der Waals surface area contributed by atoms with Crippen LogP contribution in [0.4, 0.5) is 15.3 Å². The van der Waals surface area contributed by atoms with E-state index in [1.807, 2.05) is 42.5 Å². The van der Waals surface area contributed by atoms with Gasteiger partial charge in [0.05, 0.1) is 17.6 Å². The summed E-state index contributed by atoms with van der Waals surface area (Å²) in [7, 11) is 0. The standard InChI is InChI=1S/C22H21N5O3S/c1-2-30-22(29)27-11-9-26(10-12-27)21(28)23-14-7-8-18-15(13-14)19-20(31-18)25-17-6-4-3-5-16(17)24-19/h3-8,13H,2,9-12H2,1H3,(H,23,28). The predicted octanol–water partition coefficient (Wildman–Crippen LogP) is 4.30. The van der Waals surface area contributed by atoms with Gasteiger partial charge in [-0.1, -0.05) is 12.1 Å². The number of piperazine rings is 1. The van der Waals surface area contributed by atoms with E-state index in [1.54, 1.807) is 28.1 Å². The van der Waals surface area contributed by atoms with Gasteiger partial charge in [0, 0.05) is 42.0 Å². The van der Waals surface area contributed by atoms with E-state index < -0.39 is 0 Å². The largest absolute Gasteiger partial charge is 0.450 e. The molecule has 8 nitrogen and oxygen atoms in total. The monoisotopic (exact) mass is 435 g/mol. The third-order valence-corrected chi connectivity index (χ3v) is 6.38. The molecule has 0 saturated carbocycles. The average Bonchev–Trinajstić information content (AvgIpc) is 3.14. The second-order valence-electron chi connectivity index (χ2n) is 7.28. The lowest BCUT2D eigenvalue weighted by molar-refractivity contribution is 0.0868. The van der Waals surface area contributed by atoms with Crippen molar-refractivity contribution in [2.75, 3.05) is 38.1 Å². The number of thiophene rings is 1. The molecule has 5 rings (SSSR count). The Bertz CT molecular complexity index is 1300. The normalized spacial score (nSPS) is 14.4. The van der Waals surface area contributed by atoms with Crippen molar-refractivity contribution in [2.24, 2.45) is 0 Å². The smallest absolute Gasteiger partial charge is 0.409 e. The SMILES string of the molecule is CCOC(=O)N1CCN(C(=O)Nc2ccc3sc4nc5ccccc5nc4c3c2)CC1. The molecule has 31 heavy (non-hydrogen) atoms. The quantitative estimate of drug-likeness (QED) is 0.507. The van der Waals surface area contributed by atoms with Crippen molar-refractivity contribution in [1.29, 1.82) is 0 Å². The van der Waals surface area contributed by atoms with Crippen LogP contribution in [0.1, 0.15) is 6.92 Å². The molecule has 3 amide bonds. The van der Waals surface area contributed by atoms with Gasteiger partial charge in [-0.15, -0.1) is 11.3 Å². The van der Waals surface area contributed by atoms with Crippen molar-refractivity contribution < 1.29 is 14.3 Å². The highest BCUT2D eigenvalue weighted by molar-refractivity contribution is 7.25. The topological polar surface area (TPSA) is 87.7 Å². The van der Waals surface area contributed by atoms with Gasteiger partial charge in [-0.3, -0.25) is 0 Å². The minimum Gasteiger partial charge on any atom is -0.450 e. The van der Waals surface area contributed by atoms with Crippen LogP contribution in [-0.4, -0.2) is 64.7 Å². The number of aromatic nitrogens is 2. The summed E-state index contributed by atoms with van der Waals surface area (Å²) in [5.74, 6) is 0. The number of amides is 3. The van der Waals surface area contributed by atoms with E-state index in [1.165, 1.54) is 0 Å². The van der Waals surface area contributed by atoms with Gasteiger partial charge < -0.3 is 19.9 Å². The number of anilines is 1. The van der Waals surface area contributed by atoms with Crippen LogP contribution < -0.4 is 5.32 Å². The van der Waals surface area contributed by atoms with Crippen LogP contribution in [0.5, 0.6) is 0 Å². The molecular weight excluding hydrogens is 414 g/mol. The van der Waals surface area contributed by atoms with Crippen molar-refractivity contribution in [3.8, 4) is 0 Å². The summed E-state index contributed by atoms with van der Waals surface area (Å²) in [4.78, 5) is 38.3. The molecule has 158 valence electrons. The zero-order chi connectivity index (χ0) is 21.4. The maximum Gasteiger partial charge on any atom is 0.409 e. The van der Waals surface area contributed by atoms with Crippen LogP contribution in [0.2, 0.25) is 0 Å². The summed E-state index contributed by atoms with van der Waals surface area (Å²) >= 11 is 1.59. The Morgan fingerprint density at radius 3 is 2.48 bits per heavy atom. The second-order valence-corrected chi connectivity index (χ2v) is 8.31. The molecule has 0 radical (unpaired) electrons. The zero-order valence-electron chi connectivity index (χ0n) is 17.0. The van der Waals surface area contributed by atoms with Crippen molar-refractivity contribution in [3.05, 3.63) is 42.5 Å². The summed E-state index contributed by atoms with van der Waals surface area (Å²) in [5.41, 5.74) is 3.28. The highest BCUT2D eigenvalue weighted by Gasteiger charge is 2.25. The van der Waals surface area contributed by atoms with Crippen LogP contribution in [0.15, 0.2) is 42.5 Å². The lowest BCUT2D eigenvalue weighted by Crippen LogP contribution is -2.51. The molecule has 1 N–H and O–H groups in total. The number of carbonyl (C=O) groups excluding carboxylic acids is 2. The van der Waals surface area contributed by atoms with Crippen molar-refractivity contribution in [1.82, 2.24) is 19.8 Å². The molecule has 1 saturated heterocycles. The summed E-state index contributed by atoms with van der Waals surface area (Å²) in [6.45, 7) is 3.98. The predicted molar refractivity (Wildman–Crippen MR) is 122 cm³/mol. The van der Waals surface area contributed by atoms with Crippen LogP contribution in [0.25, 0.3) is 31.5 Å². The maximum absolute atomic E-state index is 12.7. The molecule has 9 heteroatoms. The number of benzene rings is 2. The first-order valence-electron chi connectivity index (χ1n) is 10.2. The number of rotatable bonds is 2. The van der Waals surface area contributed by atoms with Crippen LogP contribution >= 0.6 is 11.3 Å². The van der Waals surface area contributed by atoms with Crippen molar-refractivity contribution >= 4 is 60.6 Å². The van der Waals surface area contributed by atoms with Gasteiger partial charge in [0.1, 0.15) is 10.3 Å². The Kier molecular flexibility index (Phi) is 5.03. The fourth-order valence-electron chi connectivity index (χ4n) is 3.73. The van der Waals surface area contributed by atoms with E-state index >= 15 is 0 Å². The number of hydrogen-bond acceptors (Lipinski definition) is 6. The molecule has 0 bridgehead atoms. The summed E-state index contributed by atoms with van der Waals surface area (Å²) in [5, 5.41) is 3.95. The van der Waals surface area contributed by atoms with Crippen LogP contribution in [-0.2, 0) is 4.74 Å². The number of para-hydroxylation sites is 2. The molecule has 1 fully saturated rings. The highest BCUT2D eigenvalue weighted by Crippen LogP contribution is 2.34. The second kappa shape index (κ2) is 7.99. The molecule has 2 aromatic heterocycles. The van der Waals surface area contributed by atoms with Gasteiger partial charge in [0.2, 0.25) is 0 Å². The van der Waals surface area contributed by atoms with Crippen molar-refractivity contribution in [2.45, 2.75) is 6.92 Å². The van der Waals surface area contributed by atoms with E-state index in [4.69, 9.17) is 14.7 Å². The first kappa shape index (κ1) is 19.5. The molecule has 0 unspecified atom stereocenters. The summed E-state index contributed by atoms with van der Waals surface area (Å²) in [6.07, 6.45) is -0.328. The Hall–Kier alpha value is -3.46. The molecule has 1 aliphatic rings. The van der Waals surface area contributed by atoms with Gasteiger partial charge in [0.15, 0.2) is 0 Å². The van der Waals surface area contributed by atoms with Crippen LogP contribution in [0, 0.1) is 0 Å². The molecular formula is C22H21N5O3S. The average molecular weight is 436 g/mol. The Labute approximate surface area is 182 Å². The van der Waals surface area contributed by atoms with Gasteiger partial charge >= 0.3 is 12.1 Å². The van der Waals surface area contributed by atoms with Gasteiger partial charge in [-0.2, -0.15) is 0 Å². The zero-order valence-corrected chi connectivity index (χ0v) is 17.8. The molecule has 2 aromatic carbocycles. The number of fused-ring (bicyclic) bond motifs is 4. The van der Waals surface area contributed by atoms with E-state index in [0.29, 0.717) is 38.5 Å². The lowest BCUT2D eigenvalue weighted by Gasteiger charge is -2.34. The van der Waals surface area contributed by atoms with Crippen molar-refractivity contribution in [3.63, 3.8) is 0 Å². The third-order valence-electron chi connectivity index (χ3n) is 5.32. The van der Waals surface area contributed by atoms with Gasteiger partial charge in [0.25, 0.3) is 0 Å². The lowest BCUT2D eigenvalue weighted by atomic mass is 10.2. The minimum absolute atomic E-state index is 0.182. The summed E-state index contributed by atoms with van der Waals surface area (Å²) in [6, 6.07) is 13.5. The van der Waals surface area contributed by atoms with E-state index in [2.05, 4.69) is 5.32 Å². The Morgan fingerprint density at radius 1 is 1.03 bits per heavy atom. The number of nitrogens with one attached hydrogen (secondary N) is 1. The van der Waals surface area contributed by atoms with E-state index in [9.17, 15) is 9.59 Å². The van der Waals surface area contributed by atoms with Crippen LogP contribution in [0.3, 0.4) is 0 Å². The molecule has 0 atom stereocenters. The fraction of sp³-hybridized carbons (Fsp3) is 0.273. The maximum atomic E-state index is 12.7. The molecule has 3 heterocycles. The number of ether oxygens (including phenoxy) is 1. The summed E-state index contributed by atoms with van der Waals surface area (Å²) < 4.78 is 6.10. The Balaban J connectivity index is 1.34. The number of urea groups is 1. The third kappa shape index (κ3) is 3.72.